The van der Waals surface area contributed by atoms with Crippen molar-refractivity contribution in [3.63, 3.8) is 0 Å². The molecule has 6 atom stereocenters. The smallest absolute Gasteiger partial charge is 0.246 e. The number of benzene rings is 1. The second-order valence-electron chi connectivity index (χ2n) is 18.2. The fraction of sp³-hybridized carbons (Fsp3) is 0.733. The van der Waals surface area contributed by atoms with Gasteiger partial charge in [0.05, 0.1) is 6.04 Å². The molecule has 13 heteroatoms. The van der Waals surface area contributed by atoms with Crippen LogP contribution in [0.15, 0.2) is 30.3 Å². The van der Waals surface area contributed by atoms with Crippen LogP contribution in [0.3, 0.4) is 0 Å². The molecular formula is C45H79N7O6. The van der Waals surface area contributed by atoms with E-state index in [1.54, 1.807) is 35.2 Å². The van der Waals surface area contributed by atoms with Crippen molar-refractivity contribution in [3.05, 3.63) is 35.9 Å². The number of hydrogen-bond donors (Lipinski definition) is 3. The van der Waals surface area contributed by atoms with E-state index in [4.69, 9.17) is 0 Å². The average Bonchev–Trinajstić information content (AvgIpc) is 3.13. The Kier molecular flexibility index (Phi) is 21.7. The molecule has 0 fully saturated rings. The molecule has 0 aliphatic carbocycles. The highest BCUT2D eigenvalue weighted by Crippen LogP contribution is 2.23. The van der Waals surface area contributed by atoms with Gasteiger partial charge in [-0.25, -0.2) is 0 Å². The molecule has 13 nitrogen and oxygen atoms in total. The summed E-state index contributed by atoms with van der Waals surface area (Å²) in [6, 6.07) is 4.88. The lowest BCUT2D eigenvalue weighted by Gasteiger charge is -2.41. The average molecular weight is 814 g/mol. The van der Waals surface area contributed by atoms with E-state index in [1.807, 2.05) is 113 Å². The quantitative estimate of drug-likeness (QED) is 0.148. The van der Waals surface area contributed by atoms with Crippen molar-refractivity contribution in [3.8, 4) is 0 Å². The van der Waals surface area contributed by atoms with Gasteiger partial charge in [0.1, 0.15) is 30.2 Å². The molecular weight excluding hydrogens is 735 g/mol. The van der Waals surface area contributed by atoms with Crippen LogP contribution in [-0.4, -0.2) is 133 Å². The molecule has 1 aromatic carbocycles. The number of nitrogens with one attached hydrogen (secondary N) is 3. The SMILES string of the molecule is CNC(CC(C)C)C(=O)N(C)C(CC(C)C)C(=O)NC(C(=O)N(C)C(C(=O)N(C)C(C(=O)N(C)C(C(=O)NCCc1ccccc1)C(C)C)C(C)C)C(C)C)C(C)C. The van der Waals surface area contributed by atoms with Crippen LogP contribution in [0.5, 0.6) is 0 Å². The van der Waals surface area contributed by atoms with Crippen LogP contribution in [0.4, 0.5) is 0 Å². The number of nitrogens with zero attached hydrogens (tertiary/aromatic N) is 4. The first-order valence-corrected chi connectivity index (χ1v) is 21.3. The van der Waals surface area contributed by atoms with E-state index >= 15 is 0 Å². The van der Waals surface area contributed by atoms with Gasteiger partial charge >= 0.3 is 0 Å². The summed E-state index contributed by atoms with van der Waals surface area (Å²) in [7, 11) is 8.09. The minimum absolute atomic E-state index is 0.0824. The predicted molar refractivity (Wildman–Crippen MR) is 232 cm³/mol. The third-order valence-corrected chi connectivity index (χ3v) is 10.9. The van der Waals surface area contributed by atoms with Crippen molar-refractivity contribution in [2.45, 2.75) is 139 Å². The summed E-state index contributed by atoms with van der Waals surface area (Å²) in [6.07, 6.45) is 1.65. The third-order valence-electron chi connectivity index (χ3n) is 10.9. The molecule has 6 amide bonds. The summed E-state index contributed by atoms with van der Waals surface area (Å²) in [6.45, 7) is 23.3. The van der Waals surface area contributed by atoms with Crippen LogP contribution in [-0.2, 0) is 35.2 Å². The number of hydrogen-bond acceptors (Lipinski definition) is 7. The Morgan fingerprint density at radius 3 is 1.40 bits per heavy atom. The monoisotopic (exact) mass is 814 g/mol. The molecule has 1 rings (SSSR count). The standard InChI is InChI=1S/C45H79N7O6/c1-27(2)25-34(46-13)42(55)49(14)35(26-28(3)4)40(53)48-36(29(5)6)43(56)51(16)38(31(9)10)45(58)52(17)39(32(11)12)44(57)50(15)37(30(7)8)41(54)47-24-23-33-21-19-18-20-22-33/h18-22,27-32,34-39,46H,23-26H2,1-17H3,(H,47,54)(H,48,53). The molecule has 0 aromatic heterocycles. The number of carbonyl (C=O) groups is 6. The summed E-state index contributed by atoms with van der Waals surface area (Å²) in [5.74, 6) is -3.07. The maximum Gasteiger partial charge on any atom is 0.246 e. The minimum atomic E-state index is -0.994. The Morgan fingerprint density at radius 1 is 0.534 bits per heavy atom. The largest absolute Gasteiger partial charge is 0.354 e. The van der Waals surface area contributed by atoms with Gasteiger partial charge in [0.25, 0.3) is 0 Å². The molecule has 0 aliphatic rings. The first-order valence-electron chi connectivity index (χ1n) is 21.3. The molecule has 0 aliphatic heterocycles. The van der Waals surface area contributed by atoms with Crippen LogP contribution in [0.25, 0.3) is 0 Å². The third kappa shape index (κ3) is 14.7. The van der Waals surface area contributed by atoms with Crippen molar-refractivity contribution in [1.29, 1.82) is 0 Å². The molecule has 6 unspecified atom stereocenters. The molecule has 0 saturated heterocycles. The molecule has 0 heterocycles. The number of carbonyl (C=O) groups excluding carboxylic acids is 6. The molecule has 1 aromatic rings. The van der Waals surface area contributed by atoms with E-state index < -0.39 is 54.0 Å². The lowest BCUT2D eigenvalue weighted by molar-refractivity contribution is -0.155. The summed E-state index contributed by atoms with van der Waals surface area (Å²) < 4.78 is 0. The van der Waals surface area contributed by atoms with Gasteiger partial charge in [0.15, 0.2) is 0 Å². The van der Waals surface area contributed by atoms with Crippen molar-refractivity contribution in [2.24, 2.45) is 35.5 Å². The zero-order chi connectivity index (χ0) is 44.8. The summed E-state index contributed by atoms with van der Waals surface area (Å²) >= 11 is 0. The number of amides is 6. The summed E-state index contributed by atoms with van der Waals surface area (Å²) in [5, 5.41) is 9.05. The Hall–Kier alpha value is -4.00. The fourth-order valence-electron chi connectivity index (χ4n) is 7.71. The van der Waals surface area contributed by atoms with E-state index in [0.29, 0.717) is 25.8 Å². The Bertz CT molecular complexity index is 1480. The van der Waals surface area contributed by atoms with Crippen LogP contribution in [0, 0.1) is 35.5 Å². The van der Waals surface area contributed by atoms with Crippen LogP contribution in [0.1, 0.15) is 101 Å². The van der Waals surface area contributed by atoms with Crippen molar-refractivity contribution < 1.29 is 28.8 Å². The van der Waals surface area contributed by atoms with Gasteiger partial charge in [-0.05, 0) is 67.4 Å². The van der Waals surface area contributed by atoms with E-state index in [1.165, 1.54) is 19.6 Å². The Morgan fingerprint density at radius 2 is 0.983 bits per heavy atom. The molecule has 0 bridgehead atoms. The van der Waals surface area contributed by atoms with Crippen LogP contribution in [0.2, 0.25) is 0 Å². The second-order valence-corrected chi connectivity index (χ2v) is 18.2. The van der Waals surface area contributed by atoms with Gasteiger partial charge in [-0.1, -0.05) is 113 Å². The lowest BCUT2D eigenvalue weighted by atomic mass is 9.94. The first kappa shape index (κ1) is 52.0. The first-order chi connectivity index (χ1) is 26.9. The van der Waals surface area contributed by atoms with Crippen LogP contribution < -0.4 is 16.0 Å². The van der Waals surface area contributed by atoms with E-state index in [9.17, 15) is 28.8 Å². The zero-order valence-electron chi connectivity index (χ0n) is 38.9. The van der Waals surface area contributed by atoms with Gasteiger partial charge in [0.2, 0.25) is 35.4 Å². The molecule has 0 radical (unpaired) electrons. The molecule has 0 saturated carbocycles. The topological polar surface area (TPSA) is 151 Å². The number of rotatable bonds is 23. The van der Waals surface area contributed by atoms with E-state index in [2.05, 4.69) is 16.0 Å². The zero-order valence-corrected chi connectivity index (χ0v) is 38.9. The van der Waals surface area contributed by atoms with Crippen molar-refractivity contribution in [1.82, 2.24) is 35.6 Å². The minimum Gasteiger partial charge on any atom is -0.354 e. The maximum atomic E-state index is 14.5. The van der Waals surface area contributed by atoms with Crippen LogP contribution >= 0.6 is 0 Å². The normalized spacial score (nSPS) is 14.9. The van der Waals surface area contributed by atoms with Gasteiger partial charge in [-0.3, -0.25) is 28.8 Å². The summed E-state index contributed by atoms with van der Waals surface area (Å²) in [4.78, 5) is 90.2. The van der Waals surface area contributed by atoms with Gasteiger partial charge in [-0.2, -0.15) is 0 Å². The van der Waals surface area contributed by atoms with Crippen molar-refractivity contribution >= 4 is 35.4 Å². The van der Waals surface area contributed by atoms with Crippen molar-refractivity contribution in [2.75, 3.05) is 41.8 Å². The predicted octanol–water partition coefficient (Wildman–Crippen LogP) is 4.44. The highest BCUT2D eigenvalue weighted by molar-refractivity contribution is 5.97. The fourth-order valence-corrected chi connectivity index (χ4v) is 7.71. The molecule has 3 N–H and O–H groups in total. The Labute approximate surface area is 350 Å². The van der Waals surface area contributed by atoms with Gasteiger partial charge in [0, 0.05) is 34.7 Å². The van der Waals surface area contributed by atoms with E-state index in [0.717, 1.165) is 5.56 Å². The lowest BCUT2D eigenvalue weighted by Crippen LogP contribution is -2.62. The second kappa shape index (κ2) is 24.2. The summed E-state index contributed by atoms with van der Waals surface area (Å²) in [5.41, 5.74) is 1.09. The highest BCUT2D eigenvalue weighted by atomic mass is 16.2. The Balaban J connectivity index is 3.37. The maximum absolute atomic E-state index is 14.5. The highest BCUT2D eigenvalue weighted by Gasteiger charge is 2.43. The molecule has 330 valence electrons. The number of likely N-dealkylation sites (N-methyl/N-ethyl adjacent to an activating group) is 5. The van der Waals surface area contributed by atoms with E-state index in [-0.39, 0.29) is 53.2 Å². The molecule has 0 spiro atoms. The van der Waals surface area contributed by atoms with Gasteiger partial charge in [-0.15, -0.1) is 0 Å². The molecule has 58 heavy (non-hydrogen) atoms. The van der Waals surface area contributed by atoms with Gasteiger partial charge < -0.3 is 35.6 Å².